The largest absolute Gasteiger partial charge is 0.468 e. The number of hydrogen-bond acceptors (Lipinski definition) is 5. The maximum absolute atomic E-state index is 13.1. The average Bonchev–Trinajstić information content (AvgIpc) is 2.72. The number of rotatable bonds is 13. The van der Waals surface area contributed by atoms with Gasteiger partial charge in [0.1, 0.15) is 18.6 Å². The normalized spacial score (nSPS) is 14.0. The summed E-state index contributed by atoms with van der Waals surface area (Å²) >= 11 is 0. The third-order valence-corrected chi connectivity index (χ3v) is 5.02. The molecule has 8 nitrogen and oxygen atoms in total. The Balaban J connectivity index is 5.40. The molecule has 0 fully saturated rings. The number of nitrogens with zero attached hydrogens (tertiary/aromatic N) is 2. The monoisotopic (exact) mass is 425 g/mol. The van der Waals surface area contributed by atoms with Crippen LogP contribution in [0.1, 0.15) is 59.8 Å². The van der Waals surface area contributed by atoms with Gasteiger partial charge >= 0.3 is 5.97 Å². The summed E-state index contributed by atoms with van der Waals surface area (Å²) in [6.45, 7) is 7.48. The molecule has 1 N–H and O–H groups in total. The molecule has 0 rings (SSSR count). The van der Waals surface area contributed by atoms with Crippen LogP contribution < -0.4 is 5.32 Å². The van der Waals surface area contributed by atoms with Gasteiger partial charge in [-0.3, -0.25) is 19.2 Å². The second-order valence-corrected chi connectivity index (χ2v) is 7.66. The number of esters is 1. The molecule has 172 valence electrons. The molecule has 0 aromatic carbocycles. The predicted molar refractivity (Wildman–Crippen MR) is 117 cm³/mol. The second-order valence-electron chi connectivity index (χ2n) is 7.66. The van der Waals surface area contributed by atoms with Crippen LogP contribution in [0.3, 0.4) is 0 Å². The standard InChI is InChI=1S/C22H39N3O5/c1-8-11-13-16(4)14-18(25(6)19(26)12-9-2)21(28)23-17(10-3)22(29)24(5)15-20(27)30-7/h8,11,16-18H,9-10,12-15H2,1-7H3,(H,23,28)/b11-8+/t16-,17+,18?/m1/s1. The first kappa shape index (κ1) is 27.6. The molecule has 8 heteroatoms. The zero-order valence-electron chi connectivity index (χ0n) is 19.6. The van der Waals surface area contributed by atoms with Crippen LogP contribution in [0, 0.1) is 5.92 Å². The summed E-state index contributed by atoms with van der Waals surface area (Å²) < 4.78 is 4.59. The van der Waals surface area contributed by atoms with Gasteiger partial charge in [0.2, 0.25) is 17.7 Å². The van der Waals surface area contributed by atoms with Crippen molar-refractivity contribution < 1.29 is 23.9 Å². The molecule has 0 radical (unpaired) electrons. The summed E-state index contributed by atoms with van der Waals surface area (Å²) in [5.41, 5.74) is 0. The molecule has 3 atom stereocenters. The van der Waals surface area contributed by atoms with Gasteiger partial charge in [-0.2, -0.15) is 0 Å². The highest BCUT2D eigenvalue weighted by Crippen LogP contribution is 2.17. The van der Waals surface area contributed by atoms with Gasteiger partial charge < -0.3 is 19.9 Å². The van der Waals surface area contributed by atoms with E-state index in [1.54, 1.807) is 14.0 Å². The number of carbonyl (C=O) groups is 4. The van der Waals surface area contributed by atoms with Crippen LogP contribution in [0.2, 0.25) is 0 Å². The number of methoxy groups -OCH3 is 1. The number of amides is 3. The summed E-state index contributed by atoms with van der Waals surface area (Å²) in [6.07, 6.45) is 6.71. The average molecular weight is 426 g/mol. The van der Waals surface area contributed by atoms with Crippen LogP contribution in [0.25, 0.3) is 0 Å². The molecule has 0 spiro atoms. The molecule has 0 aromatic heterocycles. The fourth-order valence-electron chi connectivity index (χ4n) is 3.06. The Labute approximate surface area is 181 Å². The molecular formula is C22H39N3O5. The Morgan fingerprint density at radius 2 is 1.77 bits per heavy atom. The SMILES string of the molecule is C/C=C/C[C@@H](C)CC(C(=O)N[C@@H](CC)C(=O)N(C)CC(=O)OC)N(C)C(=O)CCC. The van der Waals surface area contributed by atoms with Crippen molar-refractivity contribution in [1.82, 2.24) is 15.1 Å². The van der Waals surface area contributed by atoms with Crippen LogP contribution in [-0.2, 0) is 23.9 Å². The van der Waals surface area contributed by atoms with Crippen molar-refractivity contribution in [2.75, 3.05) is 27.7 Å². The maximum Gasteiger partial charge on any atom is 0.325 e. The minimum atomic E-state index is -0.782. The van der Waals surface area contributed by atoms with Crippen LogP contribution in [-0.4, -0.2) is 73.3 Å². The molecule has 0 aliphatic carbocycles. The van der Waals surface area contributed by atoms with Gasteiger partial charge in [0.15, 0.2) is 0 Å². The molecule has 0 aliphatic heterocycles. The molecule has 0 aliphatic rings. The highest BCUT2D eigenvalue weighted by molar-refractivity contribution is 5.92. The van der Waals surface area contributed by atoms with E-state index >= 15 is 0 Å². The topological polar surface area (TPSA) is 96.0 Å². The highest BCUT2D eigenvalue weighted by atomic mass is 16.5. The lowest BCUT2D eigenvalue weighted by atomic mass is 9.96. The zero-order valence-corrected chi connectivity index (χ0v) is 19.6. The molecule has 3 amide bonds. The van der Waals surface area contributed by atoms with E-state index in [2.05, 4.69) is 10.1 Å². The summed E-state index contributed by atoms with van der Waals surface area (Å²) in [5, 5.41) is 2.78. The molecule has 0 aromatic rings. The number of hydrogen-bond donors (Lipinski definition) is 1. The number of nitrogens with one attached hydrogen (secondary N) is 1. The Hall–Kier alpha value is -2.38. The minimum Gasteiger partial charge on any atom is -0.468 e. The van der Waals surface area contributed by atoms with Crippen molar-refractivity contribution >= 4 is 23.7 Å². The van der Waals surface area contributed by atoms with E-state index in [0.717, 1.165) is 6.42 Å². The third kappa shape index (κ3) is 9.41. The van der Waals surface area contributed by atoms with Crippen molar-refractivity contribution in [3.63, 3.8) is 0 Å². The van der Waals surface area contributed by atoms with E-state index in [-0.39, 0.29) is 30.2 Å². The van der Waals surface area contributed by atoms with Crippen LogP contribution in [0.5, 0.6) is 0 Å². The first-order valence-electron chi connectivity index (χ1n) is 10.6. The van der Waals surface area contributed by atoms with Crippen molar-refractivity contribution in [3.8, 4) is 0 Å². The summed E-state index contributed by atoms with van der Waals surface area (Å²) in [6, 6.07) is -1.45. The van der Waals surface area contributed by atoms with E-state index in [9.17, 15) is 19.2 Å². The minimum absolute atomic E-state index is 0.0990. The van der Waals surface area contributed by atoms with Gasteiger partial charge in [-0.15, -0.1) is 0 Å². The van der Waals surface area contributed by atoms with Crippen molar-refractivity contribution in [2.24, 2.45) is 5.92 Å². The Morgan fingerprint density at radius 3 is 2.27 bits per heavy atom. The Morgan fingerprint density at radius 1 is 1.13 bits per heavy atom. The molecular weight excluding hydrogens is 386 g/mol. The van der Waals surface area contributed by atoms with E-state index in [1.807, 2.05) is 32.9 Å². The molecule has 30 heavy (non-hydrogen) atoms. The maximum atomic E-state index is 13.1. The van der Waals surface area contributed by atoms with Gasteiger partial charge in [0, 0.05) is 20.5 Å². The fraction of sp³-hybridized carbons (Fsp3) is 0.727. The zero-order chi connectivity index (χ0) is 23.3. The van der Waals surface area contributed by atoms with Crippen LogP contribution in [0.4, 0.5) is 0 Å². The fourth-order valence-corrected chi connectivity index (χ4v) is 3.06. The highest BCUT2D eigenvalue weighted by Gasteiger charge is 2.31. The quantitative estimate of drug-likeness (QED) is 0.360. The lowest BCUT2D eigenvalue weighted by molar-refractivity contribution is -0.147. The number of ether oxygens (including phenoxy) is 1. The number of carbonyl (C=O) groups excluding carboxylic acids is 4. The lowest BCUT2D eigenvalue weighted by Gasteiger charge is -2.31. The van der Waals surface area contributed by atoms with Gasteiger partial charge in [-0.05, 0) is 38.5 Å². The second kappa shape index (κ2) is 14.6. The van der Waals surface area contributed by atoms with Crippen molar-refractivity contribution in [1.29, 1.82) is 0 Å². The van der Waals surface area contributed by atoms with Crippen molar-refractivity contribution in [2.45, 2.75) is 71.9 Å². The van der Waals surface area contributed by atoms with Gasteiger partial charge in [-0.1, -0.05) is 32.9 Å². The van der Waals surface area contributed by atoms with E-state index < -0.39 is 18.1 Å². The molecule has 0 bridgehead atoms. The smallest absolute Gasteiger partial charge is 0.325 e. The van der Waals surface area contributed by atoms with Crippen LogP contribution in [0.15, 0.2) is 12.2 Å². The number of allylic oxidation sites excluding steroid dienone is 2. The Bertz CT molecular complexity index is 606. The first-order valence-corrected chi connectivity index (χ1v) is 10.6. The summed E-state index contributed by atoms with van der Waals surface area (Å²) in [4.78, 5) is 52.4. The third-order valence-electron chi connectivity index (χ3n) is 5.02. The molecule has 0 saturated carbocycles. The lowest BCUT2D eigenvalue weighted by Crippen LogP contribution is -2.54. The van der Waals surface area contributed by atoms with Gasteiger partial charge in [-0.25, -0.2) is 0 Å². The van der Waals surface area contributed by atoms with E-state index in [0.29, 0.717) is 25.7 Å². The van der Waals surface area contributed by atoms with Crippen molar-refractivity contribution in [3.05, 3.63) is 12.2 Å². The molecule has 0 saturated heterocycles. The summed E-state index contributed by atoms with van der Waals surface area (Å²) in [5.74, 6) is -1.18. The summed E-state index contributed by atoms with van der Waals surface area (Å²) in [7, 11) is 4.38. The molecule has 0 heterocycles. The van der Waals surface area contributed by atoms with E-state index in [1.165, 1.54) is 24.0 Å². The van der Waals surface area contributed by atoms with Gasteiger partial charge in [0.25, 0.3) is 0 Å². The molecule has 1 unspecified atom stereocenters. The Kier molecular flexibility index (Phi) is 13.4. The predicted octanol–water partition coefficient (Wildman–Crippen LogP) is 2.13. The first-order chi connectivity index (χ1) is 14.1. The van der Waals surface area contributed by atoms with Crippen LogP contribution >= 0.6 is 0 Å². The van der Waals surface area contributed by atoms with E-state index in [4.69, 9.17) is 0 Å². The number of likely N-dealkylation sites (N-methyl/N-ethyl adjacent to an activating group) is 2. The van der Waals surface area contributed by atoms with Gasteiger partial charge in [0.05, 0.1) is 7.11 Å².